The minimum absolute atomic E-state index is 0.0593. The topological polar surface area (TPSA) is 78.3 Å². The van der Waals surface area contributed by atoms with Crippen LogP contribution in [0.25, 0.3) is 10.4 Å². The number of benzene rings is 1. The normalized spacial score (nSPS) is 18.3. The van der Waals surface area contributed by atoms with Gasteiger partial charge in [0.1, 0.15) is 5.75 Å². The SMILES string of the molecule is COc1cc(N2CC(CN=[N+]=[N-])CC2=O)ccc1C. The molecule has 1 atom stereocenters. The lowest BCUT2D eigenvalue weighted by Gasteiger charge is -2.18. The van der Waals surface area contributed by atoms with E-state index in [0.29, 0.717) is 19.5 Å². The number of carbonyl (C=O) groups excluding carboxylic acids is 1. The number of carbonyl (C=O) groups is 1. The maximum atomic E-state index is 12.0. The number of ether oxygens (including phenoxy) is 1. The van der Waals surface area contributed by atoms with Crippen molar-refractivity contribution in [2.75, 3.05) is 25.1 Å². The highest BCUT2D eigenvalue weighted by atomic mass is 16.5. The monoisotopic (exact) mass is 260 g/mol. The summed E-state index contributed by atoms with van der Waals surface area (Å²) in [7, 11) is 1.61. The molecular formula is C13H16N4O2. The van der Waals surface area contributed by atoms with Crippen LogP contribution in [0, 0.1) is 12.8 Å². The number of methoxy groups -OCH3 is 1. The molecule has 1 unspecified atom stereocenters. The van der Waals surface area contributed by atoms with E-state index in [1.165, 1.54) is 0 Å². The van der Waals surface area contributed by atoms with E-state index in [4.69, 9.17) is 10.3 Å². The number of nitrogens with zero attached hydrogens (tertiary/aromatic N) is 4. The Labute approximate surface area is 111 Å². The van der Waals surface area contributed by atoms with Crippen molar-refractivity contribution in [3.05, 3.63) is 34.2 Å². The van der Waals surface area contributed by atoms with Crippen LogP contribution in [0.15, 0.2) is 23.3 Å². The molecule has 6 heteroatoms. The summed E-state index contributed by atoms with van der Waals surface area (Å²) in [6.07, 6.45) is 0.426. The van der Waals surface area contributed by atoms with E-state index in [2.05, 4.69) is 10.0 Å². The van der Waals surface area contributed by atoms with Gasteiger partial charge in [-0.1, -0.05) is 11.2 Å². The fraction of sp³-hybridized carbons (Fsp3) is 0.462. The van der Waals surface area contributed by atoms with E-state index < -0.39 is 0 Å². The lowest BCUT2D eigenvalue weighted by Crippen LogP contribution is -2.24. The molecule has 1 aliphatic rings. The highest BCUT2D eigenvalue weighted by Gasteiger charge is 2.30. The van der Waals surface area contributed by atoms with Crippen LogP contribution < -0.4 is 9.64 Å². The van der Waals surface area contributed by atoms with Crippen LogP contribution in [0.5, 0.6) is 5.75 Å². The Bertz CT molecular complexity index is 537. The minimum Gasteiger partial charge on any atom is -0.496 e. The van der Waals surface area contributed by atoms with Gasteiger partial charge in [0.15, 0.2) is 0 Å². The van der Waals surface area contributed by atoms with Gasteiger partial charge in [0.25, 0.3) is 0 Å². The first-order valence-electron chi connectivity index (χ1n) is 6.11. The molecule has 1 aliphatic heterocycles. The summed E-state index contributed by atoms with van der Waals surface area (Å²) in [6.45, 7) is 2.91. The van der Waals surface area contributed by atoms with Crippen LogP contribution >= 0.6 is 0 Å². The van der Waals surface area contributed by atoms with Crippen molar-refractivity contribution in [2.24, 2.45) is 11.0 Å². The van der Waals surface area contributed by atoms with Crippen molar-refractivity contribution < 1.29 is 9.53 Å². The van der Waals surface area contributed by atoms with Crippen LogP contribution in [0.2, 0.25) is 0 Å². The average molecular weight is 260 g/mol. The van der Waals surface area contributed by atoms with Crippen molar-refractivity contribution in [2.45, 2.75) is 13.3 Å². The molecular weight excluding hydrogens is 244 g/mol. The van der Waals surface area contributed by atoms with E-state index in [1.54, 1.807) is 12.0 Å². The van der Waals surface area contributed by atoms with Crippen molar-refractivity contribution in [1.82, 2.24) is 0 Å². The summed E-state index contributed by atoms with van der Waals surface area (Å²) in [5.74, 6) is 0.920. The van der Waals surface area contributed by atoms with Gasteiger partial charge in [-0.05, 0) is 30.0 Å². The van der Waals surface area contributed by atoms with E-state index in [1.807, 2.05) is 25.1 Å². The molecule has 1 amide bonds. The van der Waals surface area contributed by atoms with Gasteiger partial charge in [-0.25, -0.2) is 0 Å². The van der Waals surface area contributed by atoms with Crippen LogP contribution in [-0.4, -0.2) is 26.1 Å². The van der Waals surface area contributed by atoms with Gasteiger partial charge in [-0.15, -0.1) is 0 Å². The van der Waals surface area contributed by atoms with Crippen LogP contribution in [0.3, 0.4) is 0 Å². The molecule has 0 spiro atoms. The smallest absolute Gasteiger partial charge is 0.227 e. The van der Waals surface area contributed by atoms with Crippen molar-refractivity contribution in [1.29, 1.82) is 0 Å². The highest BCUT2D eigenvalue weighted by Crippen LogP contribution is 2.29. The van der Waals surface area contributed by atoms with Crippen molar-refractivity contribution in [3.63, 3.8) is 0 Å². The summed E-state index contributed by atoms with van der Waals surface area (Å²) < 4.78 is 5.27. The second kappa shape index (κ2) is 5.63. The van der Waals surface area contributed by atoms with Crippen LogP contribution in [-0.2, 0) is 4.79 Å². The predicted molar refractivity (Wildman–Crippen MR) is 72.2 cm³/mol. The molecule has 0 saturated carbocycles. The van der Waals surface area contributed by atoms with E-state index in [9.17, 15) is 4.79 Å². The second-order valence-corrected chi connectivity index (χ2v) is 4.64. The van der Waals surface area contributed by atoms with Crippen molar-refractivity contribution >= 4 is 11.6 Å². The van der Waals surface area contributed by atoms with Crippen LogP contribution in [0.4, 0.5) is 5.69 Å². The first-order valence-corrected chi connectivity index (χ1v) is 6.11. The second-order valence-electron chi connectivity index (χ2n) is 4.64. The fourth-order valence-corrected chi connectivity index (χ4v) is 2.28. The highest BCUT2D eigenvalue weighted by molar-refractivity contribution is 5.96. The molecule has 0 aliphatic carbocycles. The lowest BCUT2D eigenvalue weighted by molar-refractivity contribution is -0.117. The third-order valence-corrected chi connectivity index (χ3v) is 3.31. The number of rotatable bonds is 4. The van der Waals surface area contributed by atoms with Gasteiger partial charge >= 0.3 is 0 Å². The Balaban J connectivity index is 2.18. The Hall–Kier alpha value is -2.20. The molecule has 19 heavy (non-hydrogen) atoms. The third kappa shape index (κ3) is 2.80. The Morgan fingerprint density at radius 1 is 1.58 bits per heavy atom. The van der Waals surface area contributed by atoms with Crippen LogP contribution in [0.1, 0.15) is 12.0 Å². The van der Waals surface area contributed by atoms with Crippen molar-refractivity contribution in [3.8, 4) is 5.75 Å². The maximum absolute atomic E-state index is 12.0. The average Bonchev–Trinajstić information content (AvgIpc) is 2.78. The quantitative estimate of drug-likeness (QED) is 0.474. The lowest BCUT2D eigenvalue weighted by atomic mass is 10.1. The molecule has 0 N–H and O–H groups in total. The van der Waals surface area contributed by atoms with Gasteiger partial charge in [0, 0.05) is 36.2 Å². The summed E-state index contributed by atoms with van der Waals surface area (Å²) in [5, 5.41) is 3.54. The van der Waals surface area contributed by atoms with Gasteiger partial charge < -0.3 is 9.64 Å². The summed E-state index contributed by atoms with van der Waals surface area (Å²) in [5.41, 5.74) is 10.2. The van der Waals surface area contributed by atoms with E-state index >= 15 is 0 Å². The minimum atomic E-state index is 0.0593. The molecule has 1 aromatic carbocycles. The maximum Gasteiger partial charge on any atom is 0.227 e. The van der Waals surface area contributed by atoms with Gasteiger partial charge in [-0.2, -0.15) is 0 Å². The number of aryl methyl sites for hydroxylation is 1. The van der Waals surface area contributed by atoms with Gasteiger partial charge in [0.05, 0.1) is 7.11 Å². The Morgan fingerprint density at radius 3 is 3.05 bits per heavy atom. The molecule has 0 bridgehead atoms. The standard InChI is InChI=1S/C13H16N4O2/c1-9-3-4-11(6-12(9)19-2)17-8-10(5-13(17)18)7-15-16-14/h3-4,6,10H,5,7-8H2,1-2H3. The first kappa shape index (κ1) is 13.2. The van der Waals surface area contributed by atoms with Gasteiger partial charge in [-0.3, -0.25) is 4.79 Å². The predicted octanol–water partition coefficient (Wildman–Crippen LogP) is 2.67. The molecule has 0 aromatic heterocycles. The Morgan fingerprint density at radius 2 is 2.37 bits per heavy atom. The van der Waals surface area contributed by atoms with E-state index in [0.717, 1.165) is 17.0 Å². The summed E-state index contributed by atoms with van der Waals surface area (Å²) in [6, 6.07) is 5.71. The third-order valence-electron chi connectivity index (χ3n) is 3.31. The Kier molecular flexibility index (Phi) is 3.92. The number of hydrogen-bond donors (Lipinski definition) is 0. The molecule has 6 nitrogen and oxygen atoms in total. The number of hydrogen-bond acceptors (Lipinski definition) is 3. The molecule has 1 fully saturated rings. The summed E-state index contributed by atoms with van der Waals surface area (Å²) in [4.78, 5) is 16.4. The number of amides is 1. The molecule has 1 heterocycles. The van der Waals surface area contributed by atoms with E-state index in [-0.39, 0.29) is 11.8 Å². The number of anilines is 1. The molecule has 2 rings (SSSR count). The largest absolute Gasteiger partial charge is 0.496 e. The zero-order valence-corrected chi connectivity index (χ0v) is 11.0. The molecule has 100 valence electrons. The zero-order chi connectivity index (χ0) is 13.8. The zero-order valence-electron chi connectivity index (χ0n) is 11.0. The fourth-order valence-electron chi connectivity index (χ4n) is 2.28. The molecule has 1 aromatic rings. The number of azide groups is 1. The molecule has 1 saturated heterocycles. The first-order chi connectivity index (χ1) is 9.15. The molecule has 0 radical (unpaired) electrons. The van der Waals surface area contributed by atoms with Gasteiger partial charge in [0.2, 0.25) is 5.91 Å². The summed E-state index contributed by atoms with van der Waals surface area (Å²) >= 11 is 0.